The molecule has 0 amide bonds. The Balaban J connectivity index is -0.000000121. The summed E-state index contributed by atoms with van der Waals surface area (Å²) in [6.07, 6.45) is 0. The van der Waals surface area contributed by atoms with E-state index in [1.54, 1.807) is 9.80 Å². The maximum atomic E-state index is 11.0. The number of hydrogen-bond acceptors (Lipinski definition) is 12. The molecule has 0 bridgehead atoms. The van der Waals surface area contributed by atoms with Gasteiger partial charge in [0.1, 0.15) is 40.5 Å². The summed E-state index contributed by atoms with van der Waals surface area (Å²) in [5, 5.41) is 0.563. The quantitative estimate of drug-likeness (QED) is 0.0865. The maximum absolute atomic E-state index is 11.0. The van der Waals surface area contributed by atoms with Gasteiger partial charge in [0.05, 0.1) is 58.9 Å². The Morgan fingerprint density at radius 1 is 0.404 bits per heavy atom. The van der Waals surface area contributed by atoms with E-state index in [1.165, 1.54) is 63.5 Å². The zero-order valence-electron chi connectivity index (χ0n) is 32.9. The maximum Gasteiger partial charge on any atom is 2.00 e. The third-order valence-electron chi connectivity index (χ3n) is 7.74. The molecule has 0 saturated carbocycles. The standard InChI is InChI=1S/2C10H8O6S2.2C6H15N.6H2O.Zn/c2*11-17(12,13)8-4-5-9-7(6-8)2-1-3-10(9)18(14,15)16;2*1-4-7(5-2)6-3;;;;;;;/h2*1-6H,(H,11,12,13)(H,14,15,16);2*4-6H2,1-3H3;6*1H2;/q;;;;;;;;;;+2/p+4. The minimum Gasteiger partial charge on any atom is -0.744 e. The van der Waals surface area contributed by atoms with Crippen LogP contribution in [0.5, 0.6) is 0 Å². The molecule has 57 heavy (non-hydrogen) atoms. The zero-order valence-corrected chi connectivity index (χ0v) is 39.1. The van der Waals surface area contributed by atoms with Crippen molar-refractivity contribution in [3.05, 3.63) is 72.8 Å². The topological polar surface area (TPSA) is 436 Å². The Labute approximate surface area is 347 Å². The van der Waals surface area contributed by atoms with Crippen molar-refractivity contribution < 1.29 is 114 Å². The first-order valence-electron chi connectivity index (χ1n) is 15.6. The van der Waals surface area contributed by atoms with Crippen molar-refractivity contribution in [1.29, 1.82) is 0 Å². The third-order valence-corrected chi connectivity index (χ3v) is 11.2. The van der Waals surface area contributed by atoms with Gasteiger partial charge in [-0.3, -0.25) is 0 Å². The number of rotatable bonds is 10. The van der Waals surface area contributed by atoms with Crippen LogP contribution in [0.4, 0.5) is 0 Å². The van der Waals surface area contributed by atoms with Gasteiger partial charge < -0.3 is 60.9 Å². The molecule has 0 aliphatic carbocycles. The molecule has 0 heterocycles. The largest absolute Gasteiger partial charge is 2.00 e. The van der Waals surface area contributed by atoms with E-state index < -0.39 is 60.1 Å². The summed E-state index contributed by atoms with van der Waals surface area (Å²) in [5.74, 6) is 0. The monoisotopic (exact) mass is 954 g/mol. The number of hydrogen-bond donors (Lipinski definition) is 2. The normalized spacial score (nSPS) is 10.6. The number of nitrogens with one attached hydrogen (secondary N) is 2. The van der Waals surface area contributed by atoms with E-state index in [4.69, 9.17) is 0 Å². The van der Waals surface area contributed by atoms with Gasteiger partial charge in [-0.2, -0.15) is 0 Å². The van der Waals surface area contributed by atoms with E-state index >= 15 is 0 Å². The molecule has 0 radical (unpaired) electrons. The molecule has 0 unspecified atom stereocenters. The van der Waals surface area contributed by atoms with Crippen LogP contribution in [-0.2, 0) is 92.8 Å². The number of quaternary nitrogens is 2. The molecule has 0 fully saturated rings. The van der Waals surface area contributed by atoms with E-state index in [9.17, 15) is 51.9 Å². The van der Waals surface area contributed by atoms with Crippen molar-refractivity contribution in [3.8, 4) is 0 Å². The van der Waals surface area contributed by atoms with Gasteiger partial charge in [0.25, 0.3) is 0 Å². The molecule has 0 spiro atoms. The van der Waals surface area contributed by atoms with Gasteiger partial charge in [-0.05, 0) is 99.5 Å². The van der Waals surface area contributed by atoms with Crippen LogP contribution in [0.15, 0.2) is 92.4 Å². The van der Waals surface area contributed by atoms with E-state index in [0.29, 0.717) is 0 Å². The molecule has 328 valence electrons. The summed E-state index contributed by atoms with van der Waals surface area (Å²) < 4.78 is 131. The smallest absolute Gasteiger partial charge is 0.744 e. The molecule has 20 nitrogen and oxygen atoms in total. The van der Waals surface area contributed by atoms with Gasteiger partial charge in [0.2, 0.25) is 0 Å². The Morgan fingerprint density at radius 2 is 0.649 bits per heavy atom. The molecule has 4 aromatic rings. The third kappa shape index (κ3) is 22.3. The Kier molecular flexibility index (Phi) is 36.8. The molecule has 0 aromatic heterocycles. The van der Waals surface area contributed by atoms with Crippen molar-refractivity contribution in [2.24, 2.45) is 0 Å². The molecule has 4 aromatic carbocycles. The first-order valence-corrected chi connectivity index (χ1v) is 21.3. The van der Waals surface area contributed by atoms with Crippen LogP contribution in [0.3, 0.4) is 0 Å². The van der Waals surface area contributed by atoms with E-state index in [-0.39, 0.29) is 73.9 Å². The summed E-state index contributed by atoms with van der Waals surface area (Å²) in [7, 11) is -18.6. The van der Waals surface area contributed by atoms with E-state index in [0.717, 1.165) is 48.5 Å². The summed E-state index contributed by atoms with van der Waals surface area (Å²) in [5.41, 5.74) is 0. The summed E-state index contributed by atoms with van der Waals surface area (Å²) >= 11 is 0. The second-order valence-electron chi connectivity index (χ2n) is 10.7. The molecule has 20 N–H and O–H groups in total. The molecule has 4 rings (SSSR count). The van der Waals surface area contributed by atoms with Crippen molar-refractivity contribution in [1.82, 2.24) is 0 Å². The average molecular weight is 957 g/mol. The number of benzene rings is 4. The second-order valence-corrected chi connectivity index (χ2v) is 16.2. The molecule has 0 aliphatic heterocycles. The van der Waals surface area contributed by atoms with Crippen LogP contribution in [0.2, 0.25) is 0 Å². The van der Waals surface area contributed by atoms with Crippen LogP contribution in [0.1, 0.15) is 41.5 Å². The molecular formula is C32H62N2O18S4Zn+6. The van der Waals surface area contributed by atoms with E-state index in [1.807, 2.05) is 0 Å². The molecule has 25 heteroatoms. The fraction of sp³-hybridized carbons (Fsp3) is 0.375. The molecule has 0 aliphatic rings. The number of fused-ring (bicyclic) bond motifs is 2. The van der Waals surface area contributed by atoms with Crippen LogP contribution < -0.4 is 9.80 Å². The van der Waals surface area contributed by atoms with Crippen LogP contribution in [0.25, 0.3) is 21.5 Å². The second kappa shape index (κ2) is 30.4. The van der Waals surface area contributed by atoms with Crippen molar-refractivity contribution in [2.45, 2.75) is 61.1 Å². The van der Waals surface area contributed by atoms with Crippen molar-refractivity contribution in [2.75, 3.05) is 39.3 Å². The van der Waals surface area contributed by atoms with Gasteiger partial charge in [-0.1, -0.05) is 36.4 Å². The Hall–Kier alpha value is -2.66. The SMILES string of the molecule is CC[NH+](CC)CC.CC[NH+](CC)CC.O=S(=O)([O-])c1ccc2c(S(=O)(=O)[O-])cccc2c1.O=S(=O)([O-])c1ccc2c(S(=O)(=O)[O-])cccc2c1.[OH3+].[OH3+].[OH3+].[OH3+].[OH3+].[OH3+].[Zn+2]. The van der Waals surface area contributed by atoms with Crippen LogP contribution >= 0.6 is 0 Å². The van der Waals surface area contributed by atoms with Crippen molar-refractivity contribution in [3.63, 3.8) is 0 Å². The van der Waals surface area contributed by atoms with Gasteiger partial charge in [-0.25, -0.2) is 33.7 Å². The summed E-state index contributed by atoms with van der Waals surface area (Å²) in [4.78, 5) is 1.51. The molecular weight excluding hydrogens is 894 g/mol. The van der Waals surface area contributed by atoms with Crippen molar-refractivity contribution >= 4 is 62.0 Å². The summed E-state index contributed by atoms with van der Waals surface area (Å²) in [6.45, 7) is 21.0. The Bertz CT molecular complexity index is 2000. The van der Waals surface area contributed by atoms with Crippen LogP contribution in [0, 0.1) is 0 Å². The fourth-order valence-corrected chi connectivity index (χ4v) is 7.12. The minimum atomic E-state index is -4.66. The predicted molar refractivity (Wildman–Crippen MR) is 214 cm³/mol. The fourth-order valence-electron chi connectivity index (χ4n) is 4.71. The van der Waals surface area contributed by atoms with Gasteiger partial charge in [-0.15, -0.1) is 0 Å². The molecule has 0 atom stereocenters. The van der Waals surface area contributed by atoms with Gasteiger partial charge in [0.15, 0.2) is 0 Å². The van der Waals surface area contributed by atoms with Gasteiger partial charge in [0, 0.05) is 0 Å². The Morgan fingerprint density at radius 3 is 0.825 bits per heavy atom. The molecule has 0 saturated heterocycles. The predicted octanol–water partition coefficient (Wildman–Crippen LogP) is -4.38. The van der Waals surface area contributed by atoms with E-state index in [2.05, 4.69) is 41.5 Å². The zero-order chi connectivity index (χ0) is 38.5. The first-order chi connectivity index (χ1) is 23.1. The minimum absolute atomic E-state index is 0. The summed E-state index contributed by atoms with van der Waals surface area (Å²) in [6, 6.07) is 13.9. The van der Waals surface area contributed by atoms with Gasteiger partial charge >= 0.3 is 19.5 Å². The average Bonchev–Trinajstić information content (AvgIpc) is 3.04. The first kappa shape index (κ1) is 69.0. The van der Waals surface area contributed by atoms with Crippen LogP contribution in [-0.4, -0.2) is 91.2 Å².